The molecule has 31 heavy (non-hydrogen) atoms. The number of benzene rings is 1. The number of hydrogen-bond donors (Lipinski definition) is 1. The summed E-state index contributed by atoms with van der Waals surface area (Å²) in [6.45, 7) is 2.05. The summed E-state index contributed by atoms with van der Waals surface area (Å²) in [6, 6.07) is 9.12. The van der Waals surface area contributed by atoms with Crippen molar-refractivity contribution in [3.63, 3.8) is 0 Å². The summed E-state index contributed by atoms with van der Waals surface area (Å²) in [4.78, 5) is 27.4. The van der Waals surface area contributed by atoms with Gasteiger partial charge in [0.2, 0.25) is 15.7 Å². The summed E-state index contributed by atoms with van der Waals surface area (Å²) < 4.78 is 32.4. The highest BCUT2D eigenvalue weighted by Gasteiger charge is 2.27. The van der Waals surface area contributed by atoms with Crippen LogP contribution in [0.15, 0.2) is 34.7 Å². The number of aldehydes is 1. The molecule has 2 aromatic heterocycles. The molecule has 0 aliphatic carbocycles. The topological polar surface area (TPSA) is 124 Å². The first-order valence-corrected chi connectivity index (χ1v) is 12.8. The van der Waals surface area contributed by atoms with Crippen LogP contribution in [-0.2, 0) is 19.2 Å². The van der Waals surface area contributed by atoms with Crippen molar-refractivity contribution in [1.29, 1.82) is 0 Å². The van der Waals surface area contributed by atoms with Crippen molar-refractivity contribution in [2.24, 2.45) is 5.73 Å². The lowest BCUT2D eigenvalue weighted by Crippen LogP contribution is -2.32. The quantitative estimate of drug-likeness (QED) is 0.186. The molecule has 0 unspecified atom stereocenters. The Balaban J connectivity index is 2.24. The van der Waals surface area contributed by atoms with Gasteiger partial charge in [-0.05, 0) is 19.4 Å². The lowest BCUT2D eigenvalue weighted by Gasteiger charge is -2.23. The molecular formula is C21H22IN3O5S. The molecule has 0 saturated carbocycles. The fourth-order valence-corrected chi connectivity index (χ4v) is 4.76. The van der Waals surface area contributed by atoms with Crippen LogP contribution < -0.4 is 10.0 Å². The molecule has 2 N–H and O–H groups in total. The normalized spacial score (nSPS) is 11.6. The number of primary amides is 1. The maximum atomic E-state index is 12.5. The first-order valence-electron chi connectivity index (χ1n) is 9.48. The highest BCUT2D eigenvalue weighted by Crippen LogP contribution is 2.36. The van der Waals surface area contributed by atoms with Gasteiger partial charge in [-0.3, -0.25) is 9.10 Å². The van der Waals surface area contributed by atoms with Crippen LogP contribution in [0.4, 0.5) is 5.82 Å². The number of alkyl halides is 1. The number of fused-ring (bicyclic) bond motifs is 1. The summed E-state index contributed by atoms with van der Waals surface area (Å²) in [7, 11) is -3.66. The SMILES string of the molecule is Cc1ccc(-c2oc3nc(N(CCCC=O)S(C)(=O)=O)c(CI)cc3c2C(N)=O)cc1. The summed E-state index contributed by atoms with van der Waals surface area (Å²) in [5.74, 6) is -0.150. The largest absolute Gasteiger partial charge is 0.437 e. The molecule has 0 aliphatic heterocycles. The summed E-state index contributed by atoms with van der Waals surface area (Å²) in [5, 5.41) is 0.430. The maximum Gasteiger partial charge on any atom is 0.253 e. The Labute approximate surface area is 194 Å². The molecule has 8 nitrogen and oxygen atoms in total. The molecule has 3 aromatic rings. The van der Waals surface area contributed by atoms with Crippen molar-refractivity contribution in [2.75, 3.05) is 17.1 Å². The van der Waals surface area contributed by atoms with E-state index in [2.05, 4.69) is 27.6 Å². The van der Waals surface area contributed by atoms with Gasteiger partial charge in [-0.1, -0.05) is 52.4 Å². The van der Waals surface area contributed by atoms with Crippen LogP contribution in [-0.4, -0.2) is 38.4 Å². The molecule has 164 valence electrons. The Hall–Kier alpha value is -2.47. The second kappa shape index (κ2) is 9.35. The van der Waals surface area contributed by atoms with Gasteiger partial charge in [0, 0.05) is 28.5 Å². The second-order valence-corrected chi connectivity index (χ2v) is 9.81. The van der Waals surface area contributed by atoms with Crippen LogP contribution in [0.1, 0.15) is 34.3 Å². The first-order chi connectivity index (χ1) is 14.7. The second-order valence-electron chi connectivity index (χ2n) is 7.14. The minimum atomic E-state index is -3.66. The zero-order chi connectivity index (χ0) is 22.8. The van der Waals surface area contributed by atoms with Crippen LogP contribution in [0.2, 0.25) is 0 Å². The van der Waals surface area contributed by atoms with Crippen LogP contribution in [0.3, 0.4) is 0 Å². The van der Waals surface area contributed by atoms with Crippen molar-refractivity contribution in [3.05, 3.63) is 47.0 Å². The standard InChI is InChI=1S/C21H22IN3O5S/c1-13-5-7-14(8-6-13)18-17(19(23)27)16-11-15(12-22)20(24-21(16)30-18)25(31(2,28)29)9-3-4-10-26/h5-8,10-11H,3-4,9,12H2,1-2H3,(H2,23,27). The van der Waals surface area contributed by atoms with Gasteiger partial charge in [-0.2, -0.15) is 4.98 Å². The van der Waals surface area contributed by atoms with Crippen LogP contribution in [0.25, 0.3) is 22.4 Å². The molecule has 3 rings (SSSR count). The Morgan fingerprint density at radius 1 is 1.29 bits per heavy atom. The van der Waals surface area contributed by atoms with Gasteiger partial charge in [-0.25, -0.2) is 8.42 Å². The third-order valence-electron chi connectivity index (χ3n) is 4.76. The smallest absolute Gasteiger partial charge is 0.253 e. The van der Waals surface area contributed by atoms with Crippen molar-refractivity contribution >= 4 is 61.7 Å². The zero-order valence-electron chi connectivity index (χ0n) is 17.1. The number of carbonyl (C=O) groups excluding carboxylic acids is 2. The highest BCUT2D eigenvalue weighted by atomic mass is 127. The molecule has 0 radical (unpaired) electrons. The third-order valence-corrected chi connectivity index (χ3v) is 6.74. The molecule has 0 spiro atoms. The maximum absolute atomic E-state index is 12.5. The minimum absolute atomic E-state index is 0.105. The number of nitrogens with two attached hydrogens (primary N) is 1. The molecule has 1 aromatic carbocycles. The number of unbranched alkanes of at least 4 members (excludes halogenated alkanes) is 1. The molecule has 2 heterocycles. The molecule has 0 saturated heterocycles. The number of furan rings is 1. The van der Waals surface area contributed by atoms with E-state index in [1.165, 1.54) is 4.31 Å². The number of carbonyl (C=O) groups is 2. The molecule has 0 aliphatic rings. The van der Waals surface area contributed by atoms with E-state index in [4.69, 9.17) is 10.2 Å². The lowest BCUT2D eigenvalue weighted by molar-refractivity contribution is -0.107. The van der Waals surface area contributed by atoms with E-state index < -0.39 is 15.9 Å². The number of hydrogen-bond acceptors (Lipinski definition) is 6. The van der Waals surface area contributed by atoms with Crippen LogP contribution >= 0.6 is 22.6 Å². The first kappa shape index (κ1) is 23.2. The third kappa shape index (κ3) is 4.90. The van der Waals surface area contributed by atoms with E-state index in [0.717, 1.165) is 18.1 Å². The number of amides is 1. The Morgan fingerprint density at radius 3 is 2.52 bits per heavy atom. The van der Waals surface area contributed by atoms with E-state index in [1.807, 2.05) is 31.2 Å². The van der Waals surface area contributed by atoms with Crippen LogP contribution in [0, 0.1) is 6.92 Å². The summed E-state index contributed by atoms with van der Waals surface area (Å²) >= 11 is 2.10. The average Bonchev–Trinajstić information content (AvgIpc) is 3.08. The molecule has 10 heteroatoms. The number of pyridine rings is 1. The number of rotatable bonds is 9. The predicted octanol–water partition coefficient (Wildman–Crippen LogP) is 3.58. The molecule has 0 bridgehead atoms. The molecular weight excluding hydrogens is 533 g/mol. The fraction of sp³-hybridized carbons (Fsp3) is 0.286. The van der Waals surface area contributed by atoms with E-state index in [1.54, 1.807) is 6.07 Å². The molecule has 0 fully saturated rings. The Kier molecular flexibility index (Phi) is 6.99. The summed E-state index contributed by atoms with van der Waals surface area (Å²) in [5.41, 5.74) is 8.32. The molecule has 1 amide bonds. The highest BCUT2D eigenvalue weighted by molar-refractivity contribution is 14.1. The monoisotopic (exact) mass is 555 g/mol. The van der Waals surface area contributed by atoms with Crippen molar-refractivity contribution in [1.82, 2.24) is 4.98 Å². The number of halogens is 1. The van der Waals surface area contributed by atoms with Gasteiger partial charge in [0.15, 0.2) is 0 Å². The predicted molar refractivity (Wildman–Crippen MR) is 128 cm³/mol. The van der Waals surface area contributed by atoms with E-state index in [9.17, 15) is 18.0 Å². The van der Waals surface area contributed by atoms with Gasteiger partial charge in [0.05, 0.1) is 17.2 Å². The van der Waals surface area contributed by atoms with Gasteiger partial charge in [0.1, 0.15) is 17.9 Å². The molecule has 0 atom stereocenters. The van der Waals surface area contributed by atoms with Crippen molar-refractivity contribution < 1.29 is 22.4 Å². The number of aryl methyl sites for hydroxylation is 1. The van der Waals surface area contributed by atoms with Gasteiger partial charge >= 0.3 is 0 Å². The Bertz CT molecular complexity index is 1240. The Morgan fingerprint density at radius 2 is 1.97 bits per heavy atom. The fourth-order valence-electron chi connectivity index (χ4n) is 3.27. The van der Waals surface area contributed by atoms with E-state index in [0.29, 0.717) is 33.1 Å². The lowest BCUT2D eigenvalue weighted by atomic mass is 10.0. The van der Waals surface area contributed by atoms with Gasteiger partial charge in [-0.15, -0.1) is 0 Å². The zero-order valence-corrected chi connectivity index (χ0v) is 20.1. The number of aromatic nitrogens is 1. The number of sulfonamides is 1. The summed E-state index contributed by atoms with van der Waals surface area (Å²) in [6.07, 6.45) is 2.43. The number of nitrogens with zero attached hydrogens (tertiary/aromatic N) is 2. The minimum Gasteiger partial charge on any atom is -0.437 e. The van der Waals surface area contributed by atoms with E-state index in [-0.39, 0.29) is 30.1 Å². The van der Waals surface area contributed by atoms with Crippen molar-refractivity contribution in [3.8, 4) is 11.3 Å². The van der Waals surface area contributed by atoms with Crippen molar-refractivity contribution in [2.45, 2.75) is 24.2 Å². The average molecular weight is 555 g/mol. The van der Waals surface area contributed by atoms with Crippen LogP contribution in [0.5, 0.6) is 0 Å². The van der Waals surface area contributed by atoms with Gasteiger partial charge in [0.25, 0.3) is 5.91 Å². The van der Waals surface area contributed by atoms with E-state index >= 15 is 0 Å². The van der Waals surface area contributed by atoms with Gasteiger partial charge < -0.3 is 14.9 Å². The number of anilines is 1.